The molecule has 1 fully saturated rings. The molecular weight excluding hydrogens is 489 g/mol. The van der Waals surface area contributed by atoms with Crippen LogP contribution in [0.3, 0.4) is 0 Å². The topological polar surface area (TPSA) is 102 Å². The number of carboxylic acid groups (broad SMARTS) is 1. The van der Waals surface area contributed by atoms with Gasteiger partial charge in [-0.2, -0.15) is 13.2 Å². The van der Waals surface area contributed by atoms with Crippen molar-refractivity contribution >= 4 is 5.97 Å². The molecule has 1 aliphatic rings. The molecule has 1 aliphatic carbocycles. The van der Waals surface area contributed by atoms with Crippen LogP contribution in [-0.2, 0) is 17.6 Å². The predicted octanol–water partition coefficient (Wildman–Crippen LogP) is 5.47. The van der Waals surface area contributed by atoms with E-state index in [2.05, 4.69) is 9.97 Å². The molecular formula is C27H27F3N2O5. The summed E-state index contributed by atoms with van der Waals surface area (Å²) < 4.78 is 52.4. The SMILES string of the molecule is CC(C)(O)CCOc1ccc(-c2cc(COc3cnc([C@@H]4C[C@H]4C(=O)O)cn3)ccc2C(F)(F)F)cc1. The van der Waals surface area contributed by atoms with Crippen molar-refractivity contribution in [2.45, 2.75) is 51.0 Å². The molecule has 0 unspecified atom stereocenters. The van der Waals surface area contributed by atoms with Gasteiger partial charge in [0.1, 0.15) is 12.4 Å². The average Bonchev–Trinajstić information content (AvgIpc) is 3.63. The monoisotopic (exact) mass is 516 g/mol. The van der Waals surface area contributed by atoms with Crippen LogP contribution in [0.1, 0.15) is 49.4 Å². The molecule has 10 heteroatoms. The van der Waals surface area contributed by atoms with Gasteiger partial charge in [-0.05, 0) is 61.2 Å². The van der Waals surface area contributed by atoms with Crippen LogP contribution in [0, 0.1) is 5.92 Å². The van der Waals surface area contributed by atoms with E-state index in [9.17, 15) is 23.1 Å². The molecule has 1 aromatic heterocycles. The van der Waals surface area contributed by atoms with E-state index in [0.29, 0.717) is 35.4 Å². The fraction of sp³-hybridized carbons (Fsp3) is 0.370. The van der Waals surface area contributed by atoms with Crippen molar-refractivity contribution in [2.75, 3.05) is 6.61 Å². The van der Waals surface area contributed by atoms with Crippen molar-refractivity contribution in [1.82, 2.24) is 9.97 Å². The highest BCUT2D eigenvalue weighted by atomic mass is 19.4. The first-order valence-corrected chi connectivity index (χ1v) is 11.7. The number of carboxylic acids is 1. The lowest BCUT2D eigenvalue weighted by molar-refractivity contribution is -0.139. The fourth-order valence-electron chi connectivity index (χ4n) is 3.86. The standard InChI is InChI=1S/C27H27F3N2O5/c1-26(2,35)9-10-36-18-6-4-17(5-7-18)19-11-16(3-8-22(19)27(28,29)30)15-37-24-14-31-23(13-32-24)20-12-21(20)25(33)34/h3-8,11,13-14,20-21,35H,9-10,12,15H2,1-2H3,(H,33,34)/t20-,21-/m1/s1. The largest absolute Gasteiger partial charge is 0.493 e. The second-order valence-corrected chi connectivity index (χ2v) is 9.67. The van der Waals surface area contributed by atoms with Crippen LogP contribution in [0.25, 0.3) is 11.1 Å². The minimum Gasteiger partial charge on any atom is -0.493 e. The lowest BCUT2D eigenvalue weighted by atomic mass is 9.97. The van der Waals surface area contributed by atoms with Gasteiger partial charge in [0.05, 0.1) is 41.8 Å². The van der Waals surface area contributed by atoms with E-state index >= 15 is 0 Å². The number of hydrogen-bond donors (Lipinski definition) is 2. The summed E-state index contributed by atoms with van der Waals surface area (Å²) in [5, 5.41) is 18.8. The lowest BCUT2D eigenvalue weighted by Crippen LogP contribution is -2.21. The summed E-state index contributed by atoms with van der Waals surface area (Å²) in [5.74, 6) is -0.790. The molecule has 3 aromatic rings. The molecule has 37 heavy (non-hydrogen) atoms. The van der Waals surface area contributed by atoms with E-state index < -0.39 is 29.2 Å². The summed E-state index contributed by atoms with van der Waals surface area (Å²) in [6.45, 7) is 3.58. The van der Waals surface area contributed by atoms with E-state index in [-0.39, 0.29) is 30.6 Å². The van der Waals surface area contributed by atoms with E-state index in [1.54, 1.807) is 38.1 Å². The third kappa shape index (κ3) is 6.97. The summed E-state index contributed by atoms with van der Waals surface area (Å²) in [7, 11) is 0. The minimum atomic E-state index is -4.55. The van der Waals surface area contributed by atoms with Crippen molar-refractivity contribution < 1.29 is 37.7 Å². The molecule has 0 bridgehead atoms. The Balaban J connectivity index is 1.46. The van der Waals surface area contributed by atoms with Crippen molar-refractivity contribution in [2.24, 2.45) is 5.92 Å². The highest BCUT2D eigenvalue weighted by Gasteiger charge is 2.45. The Bertz CT molecular complexity index is 1240. The normalized spacial score (nSPS) is 17.4. The Morgan fingerprint density at radius 3 is 2.35 bits per heavy atom. The number of ether oxygens (including phenoxy) is 2. The number of aliphatic carboxylic acids is 1. The Morgan fingerprint density at radius 2 is 1.78 bits per heavy atom. The second-order valence-electron chi connectivity index (χ2n) is 9.67. The first-order valence-electron chi connectivity index (χ1n) is 11.7. The molecule has 7 nitrogen and oxygen atoms in total. The number of carbonyl (C=O) groups is 1. The van der Waals surface area contributed by atoms with Crippen LogP contribution in [0.15, 0.2) is 54.9 Å². The van der Waals surface area contributed by atoms with E-state index in [0.717, 1.165) is 6.07 Å². The van der Waals surface area contributed by atoms with Gasteiger partial charge in [-0.3, -0.25) is 9.78 Å². The minimum absolute atomic E-state index is 0.00604. The van der Waals surface area contributed by atoms with Crippen molar-refractivity contribution in [3.8, 4) is 22.8 Å². The molecule has 1 saturated carbocycles. The molecule has 196 valence electrons. The molecule has 2 N–H and O–H groups in total. The van der Waals surface area contributed by atoms with E-state index in [1.807, 2.05) is 0 Å². The molecule has 0 radical (unpaired) electrons. The smallest absolute Gasteiger partial charge is 0.417 e. The quantitative estimate of drug-likeness (QED) is 0.369. The summed E-state index contributed by atoms with van der Waals surface area (Å²) >= 11 is 0. The zero-order valence-corrected chi connectivity index (χ0v) is 20.3. The zero-order chi connectivity index (χ0) is 26.8. The molecule has 0 amide bonds. The van der Waals surface area contributed by atoms with Gasteiger partial charge < -0.3 is 19.7 Å². The lowest BCUT2D eigenvalue weighted by Gasteiger charge is -2.17. The Morgan fingerprint density at radius 1 is 1.05 bits per heavy atom. The molecule has 0 spiro atoms. The zero-order valence-electron chi connectivity index (χ0n) is 20.3. The summed E-state index contributed by atoms with van der Waals surface area (Å²) in [5.41, 5.74) is -0.194. The molecule has 2 aromatic carbocycles. The highest BCUT2D eigenvalue weighted by Crippen LogP contribution is 2.46. The summed E-state index contributed by atoms with van der Waals surface area (Å²) in [6.07, 6.45) is -0.771. The fourth-order valence-corrected chi connectivity index (χ4v) is 3.86. The van der Waals surface area contributed by atoms with Gasteiger partial charge in [0.15, 0.2) is 0 Å². The summed E-state index contributed by atoms with van der Waals surface area (Å²) in [4.78, 5) is 19.4. The predicted molar refractivity (Wildman–Crippen MR) is 128 cm³/mol. The maximum Gasteiger partial charge on any atom is 0.417 e. The van der Waals surface area contributed by atoms with Crippen LogP contribution >= 0.6 is 0 Å². The average molecular weight is 517 g/mol. The molecule has 1 heterocycles. The van der Waals surface area contributed by atoms with Gasteiger partial charge in [0.2, 0.25) is 5.88 Å². The van der Waals surface area contributed by atoms with E-state index in [4.69, 9.17) is 14.6 Å². The first kappa shape index (κ1) is 26.4. The molecule has 0 saturated heterocycles. The highest BCUT2D eigenvalue weighted by molar-refractivity contribution is 5.75. The maximum atomic E-state index is 13.7. The number of hydrogen-bond acceptors (Lipinski definition) is 6. The Labute approximate surface area is 211 Å². The maximum absolute atomic E-state index is 13.7. The second kappa shape index (κ2) is 10.4. The van der Waals surface area contributed by atoms with Gasteiger partial charge in [-0.15, -0.1) is 0 Å². The van der Waals surface area contributed by atoms with Crippen molar-refractivity contribution in [1.29, 1.82) is 0 Å². The van der Waals surface area contributed by atoms with Gasteiger partial charge in [-0.25, -0.2) is 4.98 Å². The van der Waals surface area contributed by atoms with Gasteiger partial charge in [-0.1, -0.05) is 18.2 Å². The number of halogens is 3. The van der Waals surface area contributed by atoms with Crippen molar-refractivity contribution in [3.63, 3.8) is 0 Å². The van der Waals surface area contributed by atoms with Crippen LogP contribution in [0.5, 0.6) is 11.6 Å². The number of aromatic nitrogens is 2. The van der Waals surface area contributed by atoms with Gasteiger partial charge in [0.25, 0.3) is 0 Å². The molecule has 0 aliphatic heterocycles. The molecule has 4 rings (SSSR count). The Kier molecular flexibility index (Phi) is 7.40. The third-order valence-corrected chi connectivity index (χ3v) is 6.06. The number of aliphatic hydroxyl groups is 1. The number of benzene rings is 2. The van der Waals surface area contributed by atoms with Crippen LogP contribution in [0.4, 0.5) is 13.2 Å². The van der Waals surface area contributed by atoms with Crippen LogP contribution in [0.2, 0.25) is 0 Å². The van der Waals surface area contributed by atoms with Crippen LogP contribution < -0.4 is 9.47 Å². The van der Waals surface area contributed by atoms with Crippen LogP contribution in [-0.4, -0.2) is 38.4 Å². The number of alkyl halides is 3. The Hall–Kier alpha value is -3.66. The van der Waals surface area contributed by atoms with Gasteiger partial charge in [0, 0.05) is 12.3 Å². The van der Waals surface area contributed by atoms with Crippen molar-refractivity contribution in [3.05, 3.63) is 71.7 Å². The number of nitrogens with zero attached hydrogens (tertiary/aromatic N) is 2. The molecule has 2 atom stereocenters. The van der Waals surface area contributed by atoms with E-state index in [1.165, 1.54) is 24.5 Å². The third-order valence-electron chi connectivity index (χ3n) is 6.06. The number of rotatable bonds is 10. The first-order chi connectivity index (χ1) is 17.4. The van der Waals surface area contributed by atoms with Gasteiger partial charge >= 0.3 is 12.1 Å². The summed E-state index contributed by atoms with van der Waals surface area (Å²) in [6, 6.07) is 10.1.